The number of thioether (sulfide) groups is 1. The maximum atomic E-state index is 12.0. The van der Waals surface area contributed by atoms with Gasteiger partial charge in [-0.05, 0) is 31.7 Å². The third kappa shape index (κ3) is 5.06. The highest BCUT2D eigenvalue weighted by molar-refractivity contribution is 7.98. The van der Waals surface area contributed by atoms with Crippen LogP contribution in [-0.4, -0.2) is 35.3 Å². The van der Waals surface area contributed by atoms with Gasteiger partial charge in [-0.3, -0.25) is 14.9 Å². The normalized spacial score (nSPS) is 13.5. The molecule has 21 heavy (non-hydrogen) atoms. The van der Waals surface area contributed by atoms with E-state index in [0.717, 1.165) is 17.0 Å². The topological polar surface area (TPSA) is 78.4 Å². The number of anilines is 1. The largest absolute Gasteiger partial charge is 0.480 e. The summed E-state index contributed by atoms with van der Waals surface area (Å²) < 4.78 is 0. The Hall–Kier alpha value is -1.53. The lowest BCUT2D eigenvalue weighted by molar-refractivity contribution is -0.144. The molecule has 116 valence electrons. The van der Waals surface area contributed by atoms with Crippen molar-refractivity contribution >= 4 is 29.3 Å². The van der Waals surface area contributed by atoms with Crippen LogP contribution in [0.15, 0.2) is 29.2 Å². The first kappa shape index (κ1) is 17.5. The zero-order valence-corrected chi connectivity index (χ0v) is 13.4. The lowest BCUT2D eigenvalue weighted by Crippen LogP contribution is -2.51. The Morgan fingerprint density at radius 3 is 2.57 bits per heavy atom. The van der Waals surface area contributed by atoms with Crippen molar-refractivity contribution in [2.75, 3.05) is 18.1 Å². The molecule has 1 amide bonds. The first-order valence-corrected chi connectivity index (χ1v) is 8.06. The number of carboxylic acids is 1. The Balaban J connectivity index is 2.63. The standard InChI is InChI=1S/C15H22N2O3S/c1-4-9-15(2,14(19)20)16-10-13(18)17-11-7-5-6-8-12(11)21-3/h5-8,16H,4,9-10H2,1-3H3,(H,17,18)(H,19,20). The monoisotopic (exact) mass is 310 g/mol. The van der Waals surface area contributed by atoms with Gasteiger partial charge in [-0.25, -0.2) is 0 Å². The predicted molar refractivity (Wildman–Crippen MR) is 85.8 cm³/mol. The number of rotatable bonds is 8. The lowest BCUT2D eigenvalue weighted by atomic mass is 9.96. The molecule has 0 radical (unpaired) electrons. The highest BCUT2D eigenvalue weighted by Crippen LogP contribution is 2.24. The van der Waals surface area contributed by atoms with Crippen molar-refractivity contribution in [3.8, 4) is 0 Å². The van der Waals surface area contributed by atoms with E-state index in [-0.39, 0.29) is 12.5 Å². The quantitative estimate of drug-likeness (QED) is 0.643. The number of amides is 1. The van der Waals surface area contributed by atoms with E-state index in [0.29, 0.717) is 6.42 Å². The molecule has 0 spiro atoms. The van der Waals surface area contributed by atoms with E-state index in [1.54, 1.807) is 18.7 Å². The SMILES string of the molecule is CCCC(C)(NCC(=O)Nc1ccccc1SC)C(=O)O. The Morgan fingerprint density at radius 1 is 1.33 bits per heavy atom. The Labute approximate surface area is 129 Å². The van der Waals surface area contributed by atoms with E-state index in [1.165, 1.54) is 0 Å². The molecule has 1 rings (SSSR count). The van der Waals surface area contributed by atoms with Gasteiger partial charge in [-0.15, -0.1) is 11.8 Å². The zero-order chi connectivity index (χ0) is 15.9. The van der Waals surface area contributed by atoms with Gasteiger partial charge in [0.05, 0.1) is 12.2 Å². The fourth-order valence-electron chi connectivity index (χ4n) is 1.99. The third-order valence-electron chi connectivity index (χ3n) is 3.24. The van der Waals surface area contributed by atoms with Gasteiger partial charge >= 0.3 is 5.97 Å². The van der Waals surface area contributed by atoms with Gasteiger partial charge in [0.2, 0.25) is 5.91 Å². The van der Waals surface area contributed by atoms with Crippen LogP contribution in [0.25, 0.3) is 0 Å². The zero-order valence-electron chi connectivity index (χ0n) is 12.6. The molecular formula is C15H22N2O3S. The van der Waals surface area contributed by atoms with Gasteiger partial charge in [-0.1, -0.05) is 25.5 Å². The fourth-order valence-corrected chi connectivity index (χ4v) is 2.54. The molecule has 0 aliphatic heterocycles. The van der Waals surface area contributed by atoms with Crippen LogP contribution in [-0.2, 0) is 9.59 Å². The average Bonchev–Trinajstić information content (AvgIpc) is 2.46. The van der Waals surface area contributed by atoms with Crippen LogP contribution in [0.5, 0.6) is 0 Å². The van der Waals surface area contributed by atoms with E-state index in [1.807, 2.05) is 37.4 Å². The predicted octanol–water partition coefficient (Wildman–Crippen LogP) is 2.58. The van der Waals surface area contributed by atoms with E-state index in [9.17, 15) is 14.7 Å². The van der Waals surface area contributed by atoms with E-state index < -0.39 is 11.5 Å². The number of para-hydroxylation sites is 1. The molecule has 3 N–H and O–H groups in total. The minimum atomic E-state index is -1.08. The molecular weight excluding hydrogens is 288 g/mol. The summed E-state index contributed by atoms with van der Waals surface area (Å²) in [6.07, 6.45) is 3.13. The first-order chi connectivity index (χ1) is 9.92. The molecule has 0 aliphatic rings. The lowest BCUT2D eigenvalue weighted by Gasteiger charge is -2.25. The molecule has 0 aromatic heterocycles. The van der Waals surface area contributed by atoms with Crippen molar-refractivity contribution in [1.29, 1.82) is 0 Å². The Kier molecular flexibility index (Phi) is 6.71. The number of aliphatic carboxylic acids is 1. The summed E-state index contributed by atoms with van der Waals surface area (Å²) in [6.45, 7) is 3.48. The van der Waals surface area contributed by atoms with Crippen LogP contribution in [0.2, 0.25) is 0 Å². The summed E-state index contributed by atoms with van der Waals surface area (Å²) in [7, 11) is 0. The second-order valence-electron chi connectivity index (χ2n) is 4.99. The van der Waals surface area contributed by atoms with Crippen LogP contribution in [0.4, 0.5) is 5.69 Å². The molecule has 0 aliphatic carbocycles. The second kappa shape index (κ2) is 8.05. The number of carbonyl (C=O) groups is 2. The Morgan fingerprint density at radius 2 is 2.00 bits per heavy atom. The van der Waals surface area contributed by atoms with Crippen LogP contribution >= 0.6 is 11.8 Å². The van der Waals surface area contributed by atoms with Crippen LogP contribution in [0, 0.1) is 0 Å². The number of hydrogen-bond acceptors (Lipinski definition) is 4. The van der Waals surface area contributed by atoms with Crippen molar-refractivity contribution in [2.24, 2.45) is 0 Å². The molecule has 0 fully saturated rings. The summed E-state index contributed by atoms with van der Waals surface area (Å²) in [6, 6.07) is 7.50. The van der Waals surface area contributed by atoms with Crippen molar-refractivity contribution < 1.29 is 14.7 Å². The van der Waals surface area contributed by atoms with Gasteiger partial charge in [0.25, 0.3) is 0 Å². The summed E-state index contributed by atoms with van der Waals surface area (Å²) in [4.78, 5) is 24.2. The van der Waals surface area contributed by atoms with Crippen molar-refractivity contribution in [1.82, 2.24) is 5.32 Å². The van der Waals surface area contributed by atoms with E-state index in [2.05, 4.69) is 10.6 Å². The molecule has 0 saturated heterocycles. The van der Waals surface area contributed by atoms with Crippen molar-refractivity contribution in [3.63, 3.8) is 0 Å². The molecule has 0 bridgehead atoms. The second-order valence-corrected chi connectivity index (χ2v) is 5.84. The Bertz CT molecular complexity index is 507. The molecule has 6 heteroatoms. The number of nitrogens with one attached hydrogen (secondary N) is 2. The number of benzene rings is 1. The minimum absolute atomic E-state index is 0.0362. The summed E-state index contributed by atoms with van der Waals surface area (Å²) in [5.74, 6) is -1.19. The van der Waals surface area contributed by atoms with Crippen LogP contribution in [0.3, 0.4) is 0 Å². The summed E-state index contributed by atoms with van der Waals surface area (Å²) in [5, 5.41) is 14.9. The number of carboxylic acid groups (broad SMARTS) is 1. The molecule has 1 unspecified atom stereocenters. The highest BCUT2D eigenvalue weighted by atomic mass is 32.2. The van der Waals surface area contributed by atoms with Gasteiger partial charge in [0.15, 0.2) is 0 Å². The summed E-state index contributed by atoms with van der Waals surface area (Å²) >= 11 is 1.54. The maximum absolute atomic E-state index is 12.0. The minimum Gasteiger partial charge on any atom is -0.480 e. The van der Waals surface area contributed by atoms with Gasteiger partial charge in [-0.2, -0.15) is 0 Å². The highest BCUT2D eigenvalue weighted by Gasteiger charge is 2.31. The molecule has 0 saturated carbocycles. The third-order valence-corrected chi connectivity index (χ3v) is 4.04. The first-order valence-electron chi connectivity index (χ1n) is 6.84. The van der Waals surface area contributed by atoms with E-state index >= 15 is 0 Å². The van der Waals surface area contributed by atoms with Crippen LogP contribution < -0.4 is 10.6 Å². The number of hydrogen-bond donors (Lipinski definition) is 3. The number of carbonyl (C=O) groups excluding carboxylic acids is 1. The molecule has 5 nitrogen and oxygen atoms in total. The average molecular weight is 310 g/mol. The maximum Gasteiger partial charge on any atom is 0.323 e. The van der Waals surface area contributed by atoms with Crippen molar-refractivity contribution in [3.05, 3.63) is 24.3 Å². The summed E-state index contributed by atoms with van der Waals surface area (Å²) in [5.41, 5.74) is -0.338. The molecule has 1 atom stereocenters. The van der Waals surface area contributed by atoms with Crippen molar-refractivity contribution in [2.45, 2.75) is 37.1 Å². The van der Waals surface area contributed by atoms with Gasteiger partial charge in [0.1, 0.15) is 5.54 Å². The van der Waals surface area contributed by atoms with Gasteiger partial charge < -0.3 is 10.4 Å². The van der Waals surface area contributed by atoms with Crippen LogP contribution in [0.1, 0.15) is 26.7 Å². The fraction of sp³-hybridized carbons (Fsp3) is 0.467. The molecule has 1 aromatic rings. The smallest absolute Gasteiger partial charge is 0.323 e. The van der Waals surface area contributed by atoms with Gasteiger partial charge in [0, 0.05) is 4.90 Å². The molecule has 1 aromatic carbocycles. The van der Waals surface area contributed by atoms with E-state index in [4.69, 9.17) is 0 Å². The molecule has 0 heterocycles.